The summed E-state index contributed by atoms with van der Waals surface area (Å²) < 4.78 is 0.801. The molecule has 3 rings (SSSR count). The Kier molecular flexibility index (Phi) is 3.31. The number of hydrogen-bond acceptors (Lipinski definition) is 3. The molecular weight excluding hydrogens is 338 g/mol. The molecule has 0 spiro atoms. The van der Waals surface area contributed by atoms with Gasteiger partial charge in [0, 0.05) is 9.86 Å². The van der Waals surface area contributed by atoms with E-state index in [1.165, 1.54) is 0 Å². The van der Waals surface area contributed by atoms with Crippen molar-refractivity contribution in [3.63, 3.8) is 0 Å². The molecule has 2 heterocycles. The maximum absolute atomic E-state index is 11.6. The zero-order chi connectivity index (χ0) is 14.3. The van der Waals surface area contributed by atoms with Crippen molar-refractivity contribution in [2.24, 2.45) is 0 Å². The number of aromatic nitrogens is 1. The highest BCUT2D eigenvalue weighted by Crippen LogP contribution is 2.34. The molecule has 1 aromatic carbocycles. The van der Waals surface area contributed by atoms with E-state index in [0.717, 1.165) is 15.0 Å². The number of pyridine rings is 1. The van der Waals surface area contributed by atoms with Gasteiger partial charge in [-0.2, -0.15) is 0 Å². The fourth-order valence-corrected chi connectivity index (χ4v) is 3.50. The van der Waals surface area contributed by atoms with Crippen LogP contribution in [-0.4, -0.2) is 16.1 Å². The van der Waals surface area contributed by atoms with E-state index in [-0.39, 0.29) is 0 Å². The number of rotatable bonds is 2. The zero-order valence-corrected chi connectivity index (χ0v) is 13.0. The Morgan fingerprint density at radius 1 is 1.30 bits per heavy atom. The third-order valence-corrected chi connectivity index (χ3v) is 4.69. The zero-order valence-electron chi connectivity index (χ0n) is 10.6. The minimum atomic E-state index is -0.925. The Labute approximate surface area is 128 Å². The average molecular weight is 348 g/mol. The second kappa shape index (κ2) is 5.00. The van der Waals surface area contributed by atoms with Crippen molar-refractivity contribution in [1.29, 1.82) is 0 Å². The first-order valence-electron chi connectivity index (χ1n) is 5.95. The molecule has 0 aliphatic heterocycles. The number of thiophene rings is 1. The molecule has 3 nitrogen and oxygen atoms in total. The molecular formula is C15H10BrNO2S. The van der Waals surface area contributed by atoms with Crippen LogP contribution in [0.5, 0.6) is 0 Å². The Morgan fingerprint density at radius 2 is 2.10 bits per heavy atom. The summed E-state index contributed by atoms with van der Waals surface area (Å²) in [6, 6.07) is 9.38. The first-order valence-corrected chi connectivity index (χ1v) is 7.63. The molecule has 0 amide bonds. The predicted molar refractivity (Wildman–Crippen MR) is 84.5 cm³/mol. The van der Waals surface area contributed by atoms with E-state index >= 15 is 0 Å². The van der Waals surface area contributed by atoms with Crippen LogP contribution in [0.1, 0.15) is 15.9 Å². The first-order chi connectivity index (χ1) is 9.59. The van der Waals surface area contributed by atoms with Crippen LogP contribution >= 0.6 is 27.3 Å². The van der Waals surface area contributed by atoms with Gasteiger partial charge in [0.2, 0.25) is 0 Å². The average Bonchev–Trinajstić information content (AvgIpc) is 2.91. The second-order valence-corrected chi connectivity index (χ2v) is 6.18. The van der Waals surface area contributed by atoms with Gasteiger partial charge in [-0.15, -0.1) is 11.3 Å². The molecule has 0 unspecified atom stereocenters. The summed E-state index contributed by atoms with van der Waals surface area (Å²) in [6.07, 6.45) is 0. The Morgan fingerprint density at radius 3 is 2.75 bits per heavy atom. The van der Waals surface area contributed by atoms with Gasteiger partial charge in [0.1, 0.15) is 0 Å². The monoisotopic (exact) mass is 347 g/mol. The van der Waals surface area contributed by atoms with E-state index in [1.807, 2.05) is 36.6 Å². The number of carbonyl (C=O) groups is 1. The van der Waals surface area contributed by atoms with E-state index in [0.29, 0.717) is 22.0 Å². The number of nitrogens with zero attached hydrogens (tertiary/aromatic N) is 1. The minimum Gasteiger partial charge on any atom is -0.478 e. The van der Waals surface area contributed by atoms with Crippen LogP contribution in [0, 0.1) is 6.92 Å². The van der Waals surface area contributed by atoms with Crippen molar-refractivity contribution in [2.45, 2.75) is 6.92 Å². The van der Waals surface area contributed by atoms with Gasteiger partial charge in [-0.05, 0) is 45.9 Å². The van der Waals surface area contributed by atoms with Gasteiger partial charge >= 0.3 is 5.97 Å². The first kappa shape index (κ1) is 13.3. The van der Waals surface area contributed by atoms with Crippen LogP contribution in [0.4, 0.5) is 0 Å². The summed E-state index contributed by atoms with van der Waals surface area (Å²) in [5, 5.41) is 12.2. The van der Waals surface area contributed by atoms with Crippen LogP contribution in [0.25, 0.3) is 21.5 Å². The summed E-state index contributed by atoms with van der Waals surface area (Å²) >= 11 is 5.00. The van der Waals surface area contributed by atoms with Crippen LogP contribution in [0.3, 0.4) is 0 Å². The van der Waals surface area contributed by atoms with Crippen molar-refractivity contribution in [3.8, 4) is 10.6 Å². The van der Waals surface area contributed by atoms with Crippen LogP contribution in [0.2, 0.25) is 0 Å². The number of carboxylic acid groups (broad SMARTS) is 1. The highest BCUT2D eigenvalue weighted by Gasteiger charge is 2.19. The minimum absolute atomic E-state index is 0.319. The standard InChI is InChI=1S/C15H10BrNO2S/c1-8-12(15(18)19)9-4-2-5-10(16)14(9)17-13(8)11-6-3-7-20-11/h2-7H,1H3,(H,18,19). The summed E-state index contributed by atoms with van der Waals surface area (Å²) in [4.78, 5) is 17.3. The van der Waals surface area contributed by atoms with Crippen LogP contribution in [-0.2, 0) is 0 Å². The van der Waals surface area contributed by atoms with Crippen molar-refractivity contribution in [3.05, 3.63) is 51.3 Å². The summed E-state index contributed by atoms with van der Waals surface area (Å²) in [5.74, 6) is -0.925. The third-order valence-electron chi connectivity index (χ3n) is 3.18. The molecule has 3 aromatic rings. The lowest BCUT2D eigenvalue weighted by Gasteiger charge is -2.11. The Balaban J connectivity index is 2.47. The molecule has 0 saturated carbocycles. The second-order valence-electron chi connectivity index (χ2n) is 4.38. The highest BCUT2D eigenvalue weighted by atomic mass is 79.9. The van der Waals surface area contributed by atoms with Crippen molar-refractivity contribution >= 4 is 44.1 Å². The SMILES string of the molecule is Cc1c(-c2cccs2)nc2c(Br)cccc2c1C(=O)O. The number of hydrogen-bond donors (Lipinski definition) is 1. The van der Waals surface area contributed by atoms with Crippen LogP contribution in [0.15, 0.2) is 40.2 Å². The van der Waals surface area contributed by atoms with Gasteiger partial charge in [-0.25, -0.2) is 9.78 Å². The largest absolute Gasteiger partial charge is 0.478 e. The molecule has 5 heteroatoms. The Bertz CT molecular complexity index is 812. The van der Waals surface area contributed by atoms with Crippen molar-refractivity contribution < 1.29 is 9.90 Å². The molecule has 0 bridgehead atoms. The van der Waals surface area contributed by atoms with E-state index in [4.69, 9.17) is 0 Å². The topological polar surface area (TPSA) is 50.2 Å². The molecule has 100 valence electrons. The lowest BCUT2D eigenvalue weighted by molar-refractivity contribution is 0.0698. The fraction of sp³-hybridized carbons (Fsp3) is 0.0667. The van der Waals surface area contributed by atoms with Crippen molar-refractivity contribution in [1.82, 2.24) is 4.98 Å². The lowest BCUT2D eigenvalue weighted by Crippen LogP contribution is -2.04. The molecule has 1 N–H and O–H groups in total. The molecule has 2 aromatic heterocycles. The molecule has 0 aliphatic carbocycles. The summed E-state index contributed by atoms with van der Waals surface area (Å²) in [6.45, 7) is 1.81. The third kappa shape index (κ3) is 2.03. The van der Waals surface area contributed by atoms with Gasteiger partial charge < -0.3 is 5.11 Å². The summed E-state index contributed by atoms with van der Waals surface area (Å²) in [5.41, 5.74) is 2.43. The molecule has 20 heavy (non-hydrogen) atoms. The van der Waals surface area contributed by atoms with Gasteiger partial charge in [-0.3, -0.25) is 0 Å². The van der Waals surface area contributed by atoms with Gasteiger partial charge in [0.15, 0.2) is 0 Å². The van der Waals surface area contributed by atoms with E-state index in [9.17, 15) is 9.90 Å². The molecule has 0 atom stereocenters. The van der Waals surface area contributed by atoms with Gasteiger partial charge in [-0.1, -0.05) is 18.2 Å². The molecule has 0 aliphatic rings. The maximum Gasteiger partial charge on any atom is 0.336 e. The van der Waals surface area contributed by atoms with Crippen molar-refractivity contribution in [2.75, 3.05) is 0 Å². The predicted octanol–water partition coefficient (Wildman–Crippen LogP) is 4.73. The normalized spacial score (nSPS) is 10.9. The number of benzene rings is 1. The smallest absolute Gasteiger partial charge is 0.336 e. The lowest BCUT2D eigenvalue weighted by atomic mass is 10.0. The van der Waals surface area contributed by atoms with E-state index in [2.05, 4.69) is 20.9 Å². The van der Waals surface area contributed by atoms with E-state index < -0.39 is 5.97 Å². The molecule has 0 saturated heterocycles. The fourth-order valence-electron chi connectivity index (χ4n) is 2.28. The number of para-hydroxylation sites is 1. The number of carboxylic acids is 1. The number of halogens is 1. The van der Waals surface area contributed by atoms with Crippen LogP contribution < -0.4 is 0 Å². The van der Waals surface area contributed by atoms with Gasteiger partial charge in [0.25, 0.3) is 0 Å². The summed E-state index contributed by atoms with van der Waals surface area (Å²) in [7, 11) is 0. The Hall–Kier alpha value is -1.72. The van der Waals surface area contributed by atoms with Gasteiger partial charge in [0.05, 0.1) is 21.7 Å². The molecule has 0 radical (unpaired) electrons. The number of fused-ring (bicyclic) bond motifs is 1. The molecule has 0 fully saturated rings. The quantitative estimate of drug-likeness (QED) is 0.728. The maximum atomic E-state index is 11.6. The van der Waals surface area contributed by atoms with E-state index in [1.54, 1.807) is 17.4 Å². The highest BCUT2D eigenvalue weighted by molar-refractivity contribution is 9.10. The number of aromatic carboxylic acids is 1.